The van der Waals surface area contributed by atoms with E-state index in [1.807, 2.05) is 36.4 Å². The zero-order chi connectivity index (χ0) is 13.7. The van der Waals surface area contributed by atoms with Crippen molar-refractivity contribution in [1.29, 1.82) is 0 Å². The van der Waals surface area contributed by atoms with Crippen LogP contribution in [-0.2, 0) is 6.42 Å². The molecular formula is C15H14ClNOS. The summed E-state index contributed by atoms with van der Waals surface area (Å²) in [6, 6.07) is 14.9. The molecule has 0 aliphatic rings. The maximum Gasteiger partial charge on any atom is 0.252 e. The van der Waals surface area contributed by atoms with Gasteiger partial charge in [-0.3, -0.25) is 4.79 Å². The number of benzene rings is 2. The number of rotatable bonds is 4. The van der Waals surface area contributed by atoms with Crippen LogP contribution in [0.2, 0.25) is 5.02 Å². The van der Waals surface area contributed by atoms with Crippen molar-refractivity contribution in [1.82, 2.24) is 5.32 Å². The minimum Gasteiger partial charge on any atom is -0.352 e. The van der Waals surface area contributed by atoms with Gasteiger partial charge < -0.3 is 5.32 Å². The topological polar surface area (TPSA) is 29.1 Å². The molecule has 0 radical (unpaired) electrons. The summed E-state index contributed by atoms with van der Waals surface area (Å²) in [6.45, 7) is 0.586. The van der Waals surface area contributed by atoms with E-state index in [1.54, 1.807) is 12.1 Å². The zero-order valence-corrected chi connectivity index (χ0v) is 11.9. The Hall–Kier alpha value is -1.45. The van der Waals surface area contributed by atoms with Crippen LogP contribution >= 0.6 is 24.2 Å². The van der Waals surface area contributed by atoms with E-state index < -0.39 is 0 Å². The van der Waals surface area contributed by atoms with Crippen LogP contribution in [0.3, 0.4) is 0 Å². The maximum absolute atomic E-state index is 11.9. The highest BCUT2D eigenvalue weighted by Gasteiger charge is 2.07. The van der Waals surface area contributed by atoms with Crippen LogP contribution in [0.15, 0.2) is 53.4 Å². The number of hydrogen-bond acceptors (Lipinski definition) is 2. The Labute approximate surface area is 123 Å². The van der Waals surface area contributed by atoms with Gasteiger partial charge in [0.05, 0.1) is 5.56 Å². The SMILES string of the molecule is O=C(NCCc1ccc(Cl)cc1)c1ccccc1S. The van der Waals surface area contributed by atoms with E-state index in [-0.39, 0.29) is 5.91 Å². The average molecular weight is 292 g/mol. The van der Waals surface area contributed by atoms with Gasteiger partial charge in [0.25, 0.3) is 5.91 Å². The molecule has 0 bridgehead atoms. The number of carbonyl (C=O) groups is 1. The van der Waals surface area contributed by atoms with Gasteiger partial charge in [-0.2, -0.15) is 0 Å². The molecule has 0 heterocycles. The second kappa shape index (κ2) is 6.64. The van der Waals surface area contributed by atoms with E-state index in [0.29, 0.717) is 17.0 Å². The third kappa shape index (κ3) is 4.01. The van der Waals surface area contributed by atoms with Gasteiger partial charge in [-0.1, -0.05) is 35.9 Å². The fourth-order valence-corrected chi connectivity index (χ4v) is 2.12. The Morgan fingerprint density at radius 2 is 1.79 bits per heavy atom. The van der Waals surface area contributed by atoms with E-state index in [2.05, 4.69) is 17.9 Å². The van der Waals surface area contributed by atoms with Crippen molar-refractivity contribution < 1.29 is 4.79 Å². The van der Waals surface area contributed by atoms with Crippen LogP contribution < -0.4 is 5.32 Å². The number of thiol groups is 1. The first-order chi connectivity index (χ1) is 9.16. The molecule has 1 N–H and O–H groups in total. The highest BCUT2D eigenvalue weighted by molar-refractivity contribution is 7.80. The lowest BCUT2D eigenvalue weighted by atomic mass is 10.1. The summed E-state index contributed by atoms with van der Waals surface area (Å²) in [5, 5.41) is 3.60. The van der Waals surface area contributed by atoms with Gasteiger partial charge in [0, 0.05) is 16.5 Å². The Bertz CT molecular complexity index is 569. The van der Waals surface area contributed by atoms with Crippen molar-refractivity contribution in [2.75, 3.05) is 6.54 Å². The lowest BCUT2D eigenvalue weighted by molar-refractivity contribution is 0.0951. The monoisotopic (exact) mass is 291 g/mol. The molecule has 0 fully saturated rings. The fraction of sp³-hybridized carbons (Fsp3) is 0.133. The minimum absolute atomic E-state index is 0.0976. The van der Waals surface area contributed by atoms with Gasteiger partial charge in [0.1, 0.15) is 0 Å². The molecule has 0 atom stereocenters. The molecule has 19 heavy (non-hydrogen) atoms. The second-order valence-electron chi connectivity index (χ2n) is 4.15. The molecule has 98 valence electrons. The summed E-state index contributed by atoms with van der Waals surface area (Å²) in [7, 11) is 0. The van der Waals surface area contributed by atoms with Gasteiger partial charge in [-0.15, -0.1) is 12.6 Å². The number of nitrogens with one attached hydrogen (secondary N) is 1. The normalized spacial score (nSPS) is 10.2. The quantitative estimate of drug-likeness (QED) is 0.828. The first-order valence-electron chi connectivity index (χ1n) is 5.97. The summed E-state index contributed by atoms with van der Waals surface area (Å²) in [5.74, 6) is -0.0976. The molecule has 0 saturated carbocycles. The molecule has 2 aromatic rings. The number of hydrogen-bond donors (Lipinski definition) is 2. The smallest absolute Gasteiger partial charge is 0.252 e. The first kappa shape index (κ1) is 14.0. The summed E-state index contributed by atoms with van der Waals surface area (Å²) < 4.78 is 0. The number of halogens is 1. The van der Waals surface area contributed by atoms with Crippen molar-refractivity contribution >= 4 is 30.1 Å². The molecule has 0 aliphatic carbocycles. The van der Waals surface area contributed by atoms with Gasteiger partial charge >= 0.3 is 0 Å². The predicted molar refractivity (Wildman–Crippen MR) is 81.2 cm³/mol. The highest BCUT2D eigenvalue weighted by atomic mass is 35.5. The van der Waals surface area contributed by atoms with E-state index >= 15 is 0 Å². The Morgan fingerprint density at radius 1 is 1.11 bits per heavy atom. The van der Waals surface area contributed by atoms with Crippen LogP contribution in [0.1, 0.15) is 15.9 Å². The van der Waals surface area contributed by atoms with E-state index in [1.165, 1.54) is 0 Å². The largest absolute Gasteiger partial charge is 0.352 e. The molecule has 2 aromatic carbocycles. The average Bonchev–Trinajstić information content (AvgIpc) is 2.41. The van der Waals surface area contributed by atoms with Crippen molar-refractivity contribution in [3.63, 3.8) is 0 Å². The van der Waals surface area contributed by atoms with Gasteiger partial charge in [0.15, 0.2) is 0 Å². The van der Waals surface area contributed by atoms with Gasteiger partial charge in [-0.05, 0) is 36.2 Å². The van der Waals surface area contributed by atoms with Crippen LogP contribution in [0.5, 0.6) is 0 Å². The highest BCUT2D eigenvalue weighted by Crippen LogP contribution is 2.13. The molecule has 0 unspecified atom stereocenters. The van der Waals surface area contributed by atoms with Gasteiger partial charge in [-0.25, -0.2) is 0 Å². The third-order valence-electron chi connectivity index (χ3n) is 2.76. The van der Waals surface area contributed by atoms with Crippen LogP contribution in [0.4, 0.5) is 0 Å². The molecule has 0 aromatic heterocycles. The van der Waals surface area contributed by atoms with Crippen molar-refractivity contribution in [3.8, 4) is 0 Å². The molecule has 1 amide bonds. The molecule has 0 spiro atoms. The third-order valence-corrected chi connectivity index (χ3v) is 3.40. The standard InChI is InChI=1S/C15H14ClNOS/c16-12-7-5-11(6-8-12)9-10-17-15(18)13-3-1-2-4-14(13)19/h1-8,19H,9-10H2,(H,17,18). The maximum atomic E-state index is 11.9. The zero-order valence-electron chi connectivity index (χ0n) is 10.3. The summed E-state index contributed by atoms with van der Waals surface area (Å²) in [4.78, 5) is 12.6. The molecule has 4 heteroatoms. The summed E-state index contributed by atoms with van der Waals surface area (Å²) >= 11 is 10.1. The molecule has 0 saturated heterocycles. The molecule has 2 rings (SSSR count). The van der Waals surface area contributed by atoms with E-state index in [4.69, 9.17) is 11.6 Å². The predicted octanol–water partition coefficient (Wildman–Crippen LogP) is 3.60. The van der Waals surface area contributed by atoms with Crippen molar-refractivity contribution in [2.45, 2.75) is 11.3 Å². The molecular weight excluding hydrogens is 278 g/mol. The fourth-order valence-electron chi connectivity index (χ4n) is 1.73. The summed E-state index contributed by atoms with van der Waals surface area (Å²) in [5.41, 5.74) is 1.74. The first-order valence-corrected chi connectivity index (χ1v) is 6.80. The van der Waals surface area contributed by atoms with Crippen LogP contribution in [-0.4, -0.2) is 12.5 Å². The number of amides is 1. The Morgan fingerprint density at radius 3 is 2.47 bits per heavy atom. The second-order valence-corrected chi connectivity index (χ2v) is 5.07. The van der Waals surface area contributed by atoms with E-state index in [0.717, 1.165) is 17.0 Å². The lowest BCUT2D eigenvalue weighted by Gasteiger charge is -2.07. The van der Waals surface area contributed by atoms with E-state index in [9.17, 15) is 4.79 Å². The molecule has 2 nitrogen and oxygen atoms in total. The Balaban J connectivity index is 1.88. The van der Waals surface area contributed by atoms with Crippen molar-refractivity contribution in [2.24, 2.45) is 0 Å². The molecule has 0 aliphatic heterocycles. The van der Waals surface area contributed by atoms with Gasteiger partial charge in [0.2, 0.25) is 0 Å². The van der Waals surface area contributed by atoms with Crippen LogP contribution in [0.25, 0.3) is 0 Å². The van der Waals surface area contributed by atoms with Crippen molar-refractivity contribution in [3.05, 3.63) is 64.7 Å². The minimum atomic E-state index is -0.0976. The summed E-state index contributed by atoms with van der Waals surface area (Å²) in [6.07, 6.45) is 0.775. The van der Waals surface area contributed by atoms with Crippen LogP contribution in [0, 0.1) is 0 Å². The lowest BCUT2D eigenvalue weighted by Crippen LogP contribution is -2.26. The Kier molecular flexibility index (Phi) is 4.88. The number of carbonyl (C=O) groups excluding carboxylic acids is 1.